The molecule has 1 aromatic heterocycles. The van der Waals surface area contributed by atoms with E-state index in [0.717, 1.165) is 31.7 Å². The summed E-state index contributed by atoms with van der Waals surface area (Å²) in [5.41, 5.74) is 6.59. The zero-order valence-corrected chi connectivity index (χ0v) is 17.7. The number of aromatic nitrogens is 2. The van der Waals surface area contributed by atoms with Crippen LogP contribution in [0.3, 0.4) is 0 Å². The molecule has 1 aliphatic carbocycles. The van der Waals surface area contributed by atoms with Gasteiger partial charge in [0, 0.05) is 31.1 Å². The average Bonchev–Trinajstić information content (AvgIpc) is 3.23. The van der Waals surface area contributed by atoms with Crippen molar-refractivity contribution in [3.05, 3.63) is 47.4 Å². The summed E-state index contributed by atoms with van der Waals surface area (Å²) in [4.78, 5) is 11.4. The number of ether oxygens (including phenoxy) is 1. The Bertz CT molecular complexity index is 986. The largest absolute Gasteiger partial charge is 0.489 e. The van der Waals surface area contributed by atoms with Gasteiger partial charge in [0.05, 0.1) is 35.0 Å². The number of nitrogens with two attached hydrogens (primary N) is 1. The SMILES string of the molecule is CC(C)(O)COC1=CN/C(=C(/C#N)C=N)C(c2cnc(N3C[C@@H]4[C@@H](CN)[C@@H]4C3)cn2)=C1. The van der Waals surface area contributed by atoms with Gasteiger partial charge in [-0.1, -0.05) is 0 Å². The van der Waals surface area contributed by atoms with Crippen LogP contribution in [-0.4, -0.2) is 53.1 Å². The second-order valence-electron chi connectivity index (χ2n) is 8.79. The van der Waals surface area contributed by atoms with Gasteiger partial charge in [0.15, 0.2) is 0 Å². The quantitative estimate of drug-likeness (QED) is 0.379. The third-order valence-corrected chi connectivity index (χ3v) is 5.92. The van der Waals surface area contributed by atoms with E-state index in [1.54, 1.807) is 38.5 Å². The van der Waals surface area contributed by atoms with Crippen molar-refractivity contribution in [2.75, 3.05) is 31.1 Å². The molecular formula is C22H27N7O2. The predicted octanol–water partition coefficient (Wildman–Crippen LogP) is 1.16. The van der Waals surface area contributed by atoms with E-state index < -0.39 is 5.60 Å². The van der Waals surface area contributed by atoms with Crippen molar-refractivity contribution >= 4 is 17.6 Å². The molecule has 2 fully saturated rings. The highest BCUT2D eigenvalue weighted by molar-refractivity contribution is 5.92. The first-order chi connectivity index (χ1) is 14.8. The van der Waals surface area contributed by atoms with Crippen molar-refractivity contribution in [3.63, 3.8) is 0 Å². The van der Waals surface area contributed by atoms with Crippen LogP contribution in [0.2, 0.25) is 0 Å². The van der Waals surface area contributed by atoms with Crippen LogP contribution in [0, 0.1) is 34.5 Å². The number of nitrogens with one attached hydrogen (secondary N) is 2. The van der Waals surface area contributed by atoms with Gasteiger partial charge in [-0.15, -0.1) is 0 Å². The van der Waals surface area contributed by atoms with Gasteiger partial charge in [0.2, 0.25) is 0 Å². The molecule has 3 aliphatic rings. The van der Waals surface area contributed by atoms with Gasteiger partial charge < -0.3 is 31.2 Å². The van der Waals surface area contributed by atoms with Gasteiger partial charge in [-0.05, 0) is 44.2 Å². The molecule has 0 aromatic carbocycles. The first-order valence-electron chi connectivity index (χ1n) is 10.3. The lowest BCUT2D eigenvalue weighted by molar-refractivity contribution is 0.00548. The Morgan fingerprint density at radius 2 is 2.16 bits per heavy atom. The first kappa shape index (κ1) is 21.0. The van der Waals surface area contributed by atoms with Gasteiger partial charge in [0.25, 0.3) is 0 Å². The molecule has 9 heteroatoms. The maximum atomic E-state index is 9.93. The maximum Gasteiger partial charge on any atom is 0.147 e. The third kappa shape index (κ3) is 4.31. The number of rotatable bonds is 7. The smallest absolute Gasteiger partial charge is 0.147 e. The van der Waals surface area contributed by atoms with E-state index in [1.807, 2.05) is 6.07 Å². The molecule has 31 heavy (non-hydrogen) atoms. The molecule has 0 spiro atoms. The predicted molar refractivity (Wildman–Crippen MR) is 117 cm³/mol. The fourth-order valence-corrected chi connectivity index (χ4v) is 4.22. The number of hydrogen-bond donors (Lipinski definition) is 4. The van der Waals surface area contributed by atoms with E-state index in [4.69, 9.17) is 15.9 Å². The highest BCUT2D eigenvalue weighted by Crippen LogP contribution is 2.51. The lowest BCUT2D eigenvalue weighted by atomic mass is 10.0. The monoisotopic (exact) mass is 421 g/mol. The van der Waals surface area contributed by atoms with Crippen molar-refractivity contribution in [3.8, 4) is 6.07 Å². The van der Waals surface area contributed by atoms with Crippen molar-refractivity contribution in [2.24, 2.45) is 23.5 Å². The molecule has 1 saturated carbocycles. The van der Waals surface area contributed by atoms with Gasteiger partial charge in [-0.2, -0.15) is 5.26 Å². The summed E-state index contributed by atoms with van der Waals surface area (Å²) in [7, 11) is 0. The van der Waals surface area contributed by atoms with Crippen LogP contribution >= 0.6 is 0 Å². The van der Waals surface area contributed by atoms with Crippen LogP contribution in [-0.2, 0) is 4.74 Å². The Hall–Kier alpha value is -3.22. The summed E-state index contributed by atoms with van der Waals surface area (Å²) in [6, 6.07) is 2.02. The summed E-state index contributed by atoms with van der Waals surface area (Å²) in [6.45, 7) is 6.09. The molecule has 3 heterocycles. The van der Waals surface area contributed by atoms with Crippen LogP contribution in [0.1, 0.15) is 19.5 Å². The van der Waals surface area contributed by atoms with E-state index in [0.29, 0.717) is 40.5 Å². The minimum atomic E-state index is -0.988. The number of nitriles is 1. The van der Waals surface area contributed by atoms with Gasteiger partial charge in [-0.25, -0.2) is 4.98 Å². The summed E-state index contributed by atoms with van der Waals surface area (Å²) < 4.78 is 5.68. The van der Waals surface area contributed by atoms with Crippen molar-refractivity contribution < 1.29 is 9.84 Å². The normalized spacial score (nSPS) is 26.2. The fraction of sp³-hybridized carbons (Fsp3) is 0.455. The molecule has 4 rings (SSSR count). The summed E-state index contributed by atoms with van der Waals surface area (Å²) in [5, 5.41) is 29.9. The minimum Gasteiger partial charge on any atom is -0.489 e. The number of dihydropyridines is 1. The van der Waals surface area contributed by atoms with Crippen molar-refractivity contribution in [1.82, 2.24) is 15.3 Å². The Morgan fingerprint density at radius 1 is 1.42 bits per heavy atom. The lowest BCUT2D eigenvalue weighted by Crippen LogP contribution is -2.27. The van der Waals surface area contributed by atoms with Gasteiger partial charge >= 0.3 is 0 Å². The Kier molecular flexibility index (Phi) is 5.52. The highest BCUT2D eigenvalue weighted by atomic mass is 16.5. The first-order valence-corrected chi connectivity index (χ1v) is 10.3. The van der Waals surface area contributed by atoms with Crippen LogP contribution < -0.4 is 16.0 Å². The molecule has 1 aromatic rings. The van der Waals surface area contributed by atoms with Gasteiger partial charge in [-0.3, -0.25) is 4.98 Å². The average molecular weight is 422 g/mol. The zero-order chi connectivity index (χ0) is 22.2. The van der Waals surface area contributed by atoms with Crippen LogP contribution in [0.25, 0.3) is 5.57 Å². The number of aliphatic hydroxyl groups is 1. The highest BCUT2D eigenvalue weighted by Gasteiger charge is 2.54. The zero-order valence-electron chi connectivity index (χ0n) is 17.7. The van der Waals surface area contributed by atoms with E-state index in [-0.39, 0.29) is 12.2 Å². The molecule has 2 aliphatic heterocycles. The molecule has 0 amide bonds. The van der Waals surface area contributed by atoms with E-state index in [1.165, 1.54) is 0 Å². The third-order valence-electron chi connectivity index (χ3n) is 5.92. The number of nitrogens with zero attached hydrogens (tertiary/aromatic N) is 4. The Morgan fingerprint density at radius 3 is 2.71 bits per heavy atom. The molecule has 0 bridgehead atoms. The molecule has 3 atom stereocenters. The van der Waals surface area contributed by atoms with E-state index in [9.17, 15) is 10.4 Å². The standard InChI is InChI=1S/C22H27N7O2/c1-22(2,30)12-31-14-3-15(21(28-7-14)13(4-23)5-24)19-8-27-20(9-26-19)29-10-17-16(6-25)18(17)11-29/h3-4,7-9,16-18,23,28,30H,6,10-12,25H2,1-2H3/b21-13+,23-4?/t16-,17-,18+. The number of fused-ring (bicyclic) bond motifs is 1. The van der Waals surface area contributed by atoms with Gasteiger partial charge in [0.1, 0.15) is 24.3 Å². The molecular weight excluding hydrogens is 394 g/mol. The number of allylic oxidation sites excluding steroid dienone is 3. The topological polar surface area (TPSA) is 144 Å². The maximum absolute atomic E-state index is 9.93. The van der Waals surface area contributed by atoms with E-state index in [2.05, 4.69) is 20.2 Å². The van der Waals surface area contributed by atoms with Crippen LogP contribution in [0.5, 0.6) is 0 Å². The van der Waals surface area contributed by atoms with Crippen molar-refractivity contribution in [2.45, 2.75) is 19.4 Å². The molecule has 0 radical (unpaired) electrons. The lowest BCUT2D eigenvalue weighted by Gasteiger charge is -2.23. The second kappa shape index (κ2) is 8.13. The van der Waals surface area contributed by atoms with Crippen molar-refractivity contribution in [1.29, 1.82) is 10.7 Å². The molecule has 5 N–H and O–H groups in total. The molecule has 0 unspecified atom stereocenters. The summed E-state index contributed by atoms with van der Waals surface area (Å²) in [5.74, 6) is 3.29. The molecule has 1 saturated heterocycles. The van der Waals surface area contributed by atoms with E-state index >= 15 is 0 Å². The van der Waals surface area contributed by atoms with Crippen LogP contribution in [0.4, 0.5) is 5.82 Å². The number of anilines is 1. The molecule has 9 nitrogen and oxygen atoms in total. The van der Waals surface area contributed by atoms with Crippen LogP contribution in [0.15, 0.2) is 41.7 Å². The molecule has 162 valence electrons. The minimum absolute atomic E-state index is 0.102. The second-order valence-corrected chi connectivity index (χ2v) is 8.79. The fourth-order valence-electron chi connectivity index (χ4n) is 4.22. The number of hydrogen-bond acceptors (Lipinski definition) is 9. The Labute approximate surface area is 181 Å². The Balaban J connectivity index is 1.57. The summed E-state index contributed by atoms with van der Waals surface area (Å²) in [6.07, 6.45) is 7.74. The summed E-state index contributed by atoms with van der Waals surface area (Å²) >= 11 is 0. The number of piperidine rings is 1.